The largest absolute Gasteiger partial charge is 0.507 e. The number of likely N-dealkylation sites (tertiary alicyclic amines) is 1. The molecular weight excluding hydrogens is 396 g/mol. The van der Waals surface area contributed by atoms with E-state index >= 15 is 0 Å². The zero-order valence-corrected chi connectivity index (χ0v) is 16.3. The summed E-state index contributed by atoms with van der Waals surface area (Å²) in [5, 5.41) is 13.0. The Morgan fingerprint density at radius 3 is 2.73 bits per heavy atom. The van der Waals surface area contributed by atoms with Crippen LogP contribution in [-0.2, 0) is 0 Å². The van der Waals surface area contributed by atoms with Crippen LogP contribution in [0.15, 0.2) is 46.9 Å². The topological polar surface area (TPSA) is 61.8 Å². The summed E-state index contributed by atoms with van der Waals surface area (Å²) in [6.07, 6.45) is 2.34. The molecule has 2 aromatic carbocycles. The lowest BCUT2D eigenvalue weighted by atomic mass is 10.0. The SMILES string of the molecule is COc1cccc(C(CNC(=O)c2ccc(Br)cc2O)N2CCCC2)c1. The van der Waals surface area contributed by atoms with Crippen LogP contribution in [0.25, 0.3) is 0 Å². The summed E-state index contributed by atoms with van der Waals surface area (Å²) >= 11 is 3.29. The number of ether oxygens (including phenoxy) is 1. The van der Waals surface area contributed by atoms with E-state index in [1.165, 1.54) is 18.9 Å². The number of nitrogens with one attached hydrogen (secondary N) is 1. The molecule has 2 N–H and O–H groups in total. The highest BCUT2D eigenvalue weighted by Crippen LogP contribution is 2.28. The summed E-state index contributed by atoms with van der Waals surface area (Å²) in [5.41, 5.74) is 1.39. The van der Waals surface area contributed by atoms with Gasteiger partial charge in [0.15, 0.2) is 0 Å². The lowest BCUT2D eigenvalue weighted by Gasteiger charge is -2.28. The van der Waals surface area contributed by atoms with E-state index in [1.807, 2.05) is 18.2 Å². The van der Waals surface area contributed by atoms with Gasteiger partial charge in [0.25, 0.3) is 5.91 Å². The quantitative estimate of drug-likeness (QED) is 0.749. The molecule has 1 amide bonds. The molecule has 1 aliphatic rings. The van der Waals surface area contributed by atoms with Crippen LogP contribution in [0, 0.1) is 0 Å². The fourth-order valence-electron chi connectivity index (χ4n) is 3.34. The van der Waals surface area contributed by atoms with Gasteiger partial charge in [0.1, 0.15) is 11.5 Å². The minimum Gasteiger partial charge on any atom is -0.507 e. The third-order valence-corrected chi connectivity index (χ3v) is 5.21. The maximum atomic E-state index is 12.5. The number of aromatic hydroxyl groups is 1. The van der Waals surface area contributed by atoms with E-state index in [0.29, 0.717) is 6.54 Å². The zero-order chi connectivity index (χ0) is 18.5. The molecule has 1 heterocycles. The van der Waals surface area contributed by atoms with E-state index in [2.05, 4.69) is 32.2 Å². The molecule has 26 heavy (non-hydrogen) atoms. The highest BCUT2D eigenvalue weighted by molar-refractivity contribution is 9.10. The summed E-state index contributed by atoms with van der Waals surface area (Å²) in [7, 11) is 1.65. The monoisotopic (exact) mass is 418 g/mol. The highest BCUT2D eigenvalue weighted by atomic mass is 79.9. The van der Waals surface area contributed by atoms with E-state index in [0.717, 1.165) is 28.9 Å². The Morgan fingerprint density at radius 1 is 1.27 bits per heavy atom. The van der Waals surface area contributed by atoms with Gasteiger partial charge < -0.3 is 15.2 Å². The molecule has 2 aromatic rings. The number of amides is 1. The van der Waals surface area contributed by atoms with Gasteiger partial charge >= 0.3 is 0 Å². The van der Waals surface area contributed by atoms with E-state index in [4.69, 9.17) is 4.74 Å². The van der Waals surface area contributed by atoms with Gasteiger partial charge in [-0.05, 0) is 61.8 Å². The number of carbonyl (C=O) groups is 1. The van der Waals surface area contributed by atoms with E-state index in [9.17, 15) is 9.90 Å². The van der Waals surface area contributed by atoms with E-state index < -0.39 is 0 Å². The minimum atomic E-state index is -0.276. The molecule has 0 radical (unpaired) electrons. The average molecular weight is 419 g/mol. The first-order chi connectivity index (χ1) is 12.6. The van der Waals surface area contributed by atoms with Crippen LogP contribution >= 0.6 is 15.9 Å². The molecule has 0 saturated carbocycles. The molecule has 1 fully saturated rings. The molecule has 138 valence electrons. The third kappa shape index (κ3) is 4.37. The van der Waals surface area contributed by atoms with E-state index in [1.54, 1.807) is 19.2 Å². The molecule has 6 heteroatoms. The number of phenolic OH excluding ortho intramolecular Hbond substituents is 1. The average Bonchev–Trinajstić information content (AvgIpc) is 3.16. The Hall–Kier alpha value is -2.05. The molecule has 3 rings (SSSR count). The Labute approximate surface area is 162 Å². The number of halogens is 1. The normalized spacial score (nSPS) is 15.6. The number of methoxy groups -OCH3 is 1. The van der Waals surface area contributed by atoms with Gasteiger partial charge in [0.05, 0.1) is 18.7 Å². The van der Waals surface area contributed by atoms with Crippen molar-refractivity contribution in [2.45, 2.75) is 18.9 Å². The van der Waals surface area contributed by atoms with Gasteiger partial charge in [-0.3, -0.25) is 9.69 Å². The first kappa shape index (κ1) is 18.7. The molecule has 0 aromatic heterocycles. The van der Waals surface area contributed by atoms with Crippen molar-refractivity contribution < 1.29 is 14.6 Å². The van der Waals surface area contributed by atoms with Crippen LogP contribution in [0.3, 0.4) is 0 Å². The highest BCUT2D eigenvalue weighted by Gasteiger charge is 2.25. The van der Waals surface area contributed by atoms with Crippen LogP contribution in [0.4, 0.5) is 0 Å². The zero-order valence-electron chi connectivity index (χ0n) is 14.7. The van der Waals surface area contributed by atoms with Crippen molar-refractivity contribution in [3.05, 3.63) is 58.1 Å². The van der Waals surface area contributed by atoms with Crippen molar-refractivity contribution >= 4 is 21.8 Å². The summed E-state index contributed by atoms with van der Waals surface area (Å²) in [5.74, 6) is 0.502. The van der Waals surface area contributed by atoms with Crippen molar-refractivity contribution in [2.24, 2.45) is 0 Å². The number of hydrogen-bond acceptors (Lipinski definition) is 4. The second-order valence-electron chi connectivity index (χ2n) is 6.41. The lowest BCUT2D eigenvalue weighted by Crippen LogP contribution is -2.36. The smallest absolute Gasteiger partial charge is 0.255 e. The maximum Gasteiger partial charge on any atom is 0.255 e. The van der Waals surface area contributed by atoms with Gasteiger partial charge in [-0.2, -0.15) is 0 Å². The van der Waals surface area contributed by atoms with E-state index in [-0.39, 0.29) is 23.3 Å². The molecule has 0 aliphatic carbocycles. The maximum absolute atomic E-state index is 12.5. The van der Waals surface area contributed by atoms with Gasteiger partial charge in [-0.1, -0.05) is 28.1 Å². The lowest BCUT2D eigenvalue weighted by molar-refractivity contribution is 0.0935. The molecular formula is C20H23BrN2O3. The third-order valence-electron chi connectivity index (χ3n) is 4.72. The van der Waals surface area contributed by atoms with Gasteiger partial charge in [0.2, 0.25) is 0 Å². The number of rotatable bonds is 6. The number of benzene rings is 2. The Kier molecular flexibility index (Phi) is 6.16. The second kappa shape index (κ2) is 8.56. The molecule has 0 spiro atoms. The predicted molar refractivity (Wildman–Crippen MR) is 105 cm³/mol. The van der Waals surface area contributed by atoms with Crippen molar-refractivity contribution in [3.63, 3.8) is 0 Å². The summed E-state index contributed by atoms with van der Waals surface area (Å²) in [6.45, 7) is 2.50. The molecule has 1 aliphatic heterocycles. The second-order valence-corrected chi connectivity index (χ2v) is 7.32. The fraction of sp³-hybridized carbons (Fsp3) is 0.350. The summed E-state index contributed by atoms with van der Waals surface area (Å²) in [6, 6.07) is 12.9. The van der Waals surface area contributed by atoms with Crippen molar-refractivity contribution in [1.82, 2.24) is 10.2 Å². The van der Waals surface area contributed by atoms with Crippen molar-refractivity contribution in [2.75, 3.05) is 26.7 Å². The standard InChI is InChI=1S/C20H23BrN2O3/c1-26-16-6-4-5-14(11-16)18(23-9-2-3-10-23)13-22-20(25)17-8-7-15(21)12-19(17)24/h4-8,11-12,18,24H,2-3,9-10,13H2,1H3,(H,22,25). The summed E-state index contributed by atoms with van der Waals surface area (Å²) in [4.78, 5) is 14.9. The molecule has 5 nitrogen and oxygen atoms in total. The van der Waals surface area contributed by atoms with Crippen LogP contribution < -0.4 is 10.1 Å². The minimum absolute atomic E-state index is 0.0315. The van der Waals surface area contributed by atoms with Crippen LogP contribution in [0.2, 0.25) is 0 Å². The van der Waals surface area contributed by atoms with Gasteiger partial charge in [0, 0.05) is 11.0 Å². The molecule has 0 bridgehead atoms. The van der Waals surface area contributed by atoms with Gasteiger partial charge in [-0.25, -0.2) is 0 Å². The number of nitrogens with zero attached hydrogens (tertiary/aromatic N) is 1. The van der Waals surface area contributed by atoms with Crippen molar-refractivity contribution in [3.8, 4) is 11.5 Å². The number of phenols is 1. The molecule has 1 saturated heterocycles. The number of carbonyl (C=O) groups excluding carboxylic acids is 1. The van der Waals surface area contributed by atoms with Crippen LogP contribution in [0.1, 0.15) is 34.8 Å². The predicted octanol–water partition coefficient (Wildman–Crippen LogP) is 3.73. The fourth-order valence-corrected chi connectivity index (χ4v) is 3.69. The Balaban J connectivity index is 1.76. The molecule has 1 atom stereocenters. The number of hydrogen-bond donors (Lipinski definition) is 2. The van der Waals surface area contributed by atoms with Gasteiger partial charge in [-0.15, -0.1) is 0 Å². The van der Waals surface area contributed by atoms with Crippen LogP contribution in [0.5, 0.6) is 11.5 Å². The Morgan fingerprint density at radius 2 is 2.04 bits per heavy atom. The summed E-state index contributed by atoms with van der Waals surface area (Å²) < 4.78 is 6.08. The van der Waals surface area contributed by atoms with Crippen LogP contribution in [-0.4, -0.2) is 42.7 Å². The Bertz CT molecular complexity index is 775. The first-order valence-corrected chi connectivity index (χ1v) is 9.52. The van der Waals surface area contributed by atoms with Crippen molar-refractivity contribution in [1.29, 1.82) is 0 Å². The molecule has 1 unspecified atom stereocenters. The first-order valence-electron chi connectivity index (χ1n) is 8.73.